The first-order valence-corrected chi connectivity index (χ1v) is 7.75. The zero-order chi connectivity index (χ0) is 15.1. The van der Waals surface area contributed by atoms with E-state index in [0.29, 0.717) is 12.0 Å². The molecule has 2 rings (SSSR count). The van der Waals surface area contributed by atoms with Crippen LogP contribution in [0, 0.1) is 24.6 Å². The smallest absolute Gasteiger partial charge is 0.138 e. The number of aryl methyl sites for hydroxylation is 1. The first kappa shape index (κ1) is 15.6. The van der Waals surface area contributed by atoms with Crippen LogP contribution in [-0.2, 0) is 5.75 Å². The monoisotopic (exact) mass is 300 g/mol. The minimum atomic E-state index is -0.315. The second-order valence-electron chi connectivity index (χ2n) is 4.69. The van der Waals surface area contributed by atoms with E-state index < -0.39 is 0 Å². The van der Waals surface area contributed by atoms with E-state index in [4.69, 9.17) is 5.11 Å². The molecule has 0 fully saturated rings. The summed E-state index contributed by atoms with van der Waals surface area (Å²) < 4.78 is 13.6. The van der Waals surface area contributed by atoms with E-state index in [-0.39, 0.29) is 12.4 Å². The molecule has 0 unspecified atom stereocenters. The van der Waals surface area contributed by atoms with Crippen molar-refractivity contribution in [3.8, 4) is 11.8 Å². The first-order chi connectivity index (χ1) is 10.2. The molecule has 1 N–H and O–H groups in total. The molecule has 0 aliphatic heterocycles. The van der Waals surface area contributed by atoms with Gasteiger partial charge in [0.25, 0.3) is 0 Å². The van der Waals surface area contributed by atoms with Crippen LogP contribution in [0.15, 0.2) is 47.4 Å². The van der Waals surface area contributed by atoms with Crippen LogP contribution in [0.2, 0.25) is 0 Å². The van der Waals surface area contributed by atoms with E-state index in [0.717, 1.165) is 11.3 Å². The normalized spacial score (nSPS) is 10.0. The van der Waals surface area contributed by atoms with Gasteiger partial charge in [-0.1, -0.05) is 35.6 Å². The average Bonchev–Trinajstić information content (AvgIpc) is 2.49. The van der Waals surface area contributed by atoms with Crippen LogP contribution >= 0.6 is 11.8 Å². The molecular formula is C18H17FOS. The molecule has 1 nitrogen and oxygen atoms in total. The molecule has 0 bridgehead atoms. The highest BCUT2D eigenvalue weighted by molar-refractivity contribution is 7.98. The van der Waals surface area contributed by atoms with Gasteiger partial charge in [-0.15, -0.1) is 11.8 Å². The van der Waals surface area contributed by atoms with Crippen molar-refractivity contribution in [3.63, 3.8) is 0 Å². The van der Waals surface area contributed by atoms with Gasteiger partial charge in [-0.05, 0) is 36.8 Å². The molecule has 2 aromatic rings. The quantitative estimate of drug-likeness (QED) is 0.676. The summed E-state index contributed by atoms with van der Waals surface area (Å²) in [5.41, 5.74) is 2.67. The fraction of sp³-hybridized carbons (Fsp3) is 0.222. The van der Waals surface area contributed by atoms with Gasteiger partial charge < -0.3 is 5.11 Å². The molecule has 0 atom stereocenters. The van der Waals surface area contributed by atoms with Crippen molar-refractivity contribution < 1.29 is 9.50 Å². The van der Waals surface area contributed by atoms with Crippen LogP contribution < -0.4 is 0 Å². The van der Waals surface area contributed by atoms with Gasteiger partial charge in [0.05, 0.1) is 12.2 Å². The van der Waals surface area contributed by atoms with Gasteiger partial charge in [-0.3, -0.25) is 0 Å². The molecule has 0 amide bonds. The minimum Gasteiger partial charge on any atom is -0.395 e. The highest BCUT2D eigenvalue weighted by Gasteiger charge is 2.02. The second-order valence-corrected chi connectivity index (χ2v) is 5.74. The fourth-order valence-electron chi connectivity index (χ4n) is 1.77. The molecule has 0 heterocycles. The fourth-order valence-corrected chi connectivity index (χ4v) is 2.61. The van der Waals surface area contributed by atoms with E-state index in [1.165, 1.54) is 16.5 Å². The molecular weight excluding hydrogens is 283 g/mol. The predicted molar refractivity (Wildman–Crippen MR) is 85.7 cm³/mol. The highest BCUT2D eigenvalue weighted by Crippen LogP contribution is 2.23. The van der Waals surface area contributed by atoms with Crippen LogP contribution in [0.5, 0.6) is 0 Å². The summed E-state index contributed by atoms with van der Waals surface area (Å²) in [5, 5.41) is 8.70. The molecule has 0 spiro atoms. The van der Waals surface area contributed by atoms with Gasteiger partial charge in [-0.25, -0.2) is 4.39 Å². The molecule has 0 radical (unpaired) electrons. The van der Waals surface area contributed by atoms with Gasteiger partial charge in [0.2, 0.25) is 0 Å². The van der Waals surface area contributed by atoms with Crippen LogP contribution in [0.25, 0.3) is 0 Å². The summed E-state index contributed by atoms with van der Waals surface area (Å²) in [6.07, 6.45) is 0.363. The lowest BCUT2D eigenvalue weighted by molar-refractivity contribution is 0.305. The molecule has 0 aliphatic rings. The lowest BCUT2D eigenvalue weighted by atomic mass is 10.1. The summed E-state index contributed by atoms with van der Waals surface area (Å²) in [5.74, 6) is 5.98. The summed E-state index contributed by atoms with van der Waals surface area (Å²) in [7, 11) is 0. The number of aliphatic hydroxyl groups is 1. The number of hydrogen-bond acceptors (Lipinski definition) is 2. The summed E-state index contributed by atoms with van der Waals surface area (Å²) in [6.45, 7) is 2.06. The topological polar surface area (TPSA) is 20.2 Å². The first-order valence-electron chi connectivity index (χ1n) is 6.76. The molecule has 0 aromatic heterocycles. The van der Waals surface area contributed by atoms with Gasteiger partial charge in [-0.2, -0.15) is 0 Å². The van der Waals surface area contributed by atoms with Gasteiger partial charge in [0.15, 0.2) is 0 Å². The van der Waals surface area contributed by atoms with Crippen LogP contribution in [0.1, 0.15) is 23.1 Å². The van der Waals surface area contributed by atoms with Crippen molar-refractivity contribution >= 4 is 11.8 Å². The number of benzene rings is 2. The van der Waals surface area contributed by atoms with Crippen LogP contribution in [0.4, 0.5) is 4.39 Å². The van der Waals surface area contributed by atoms with E-state index in [2.05, 4.69) is 43.0 Å². The standard InChI is InChI=1S/C18H17FOS/c1-14-5-8-17(9-6-14)21-13-15-7-10-18(19)16(12-15)4-2-3-11-20/h5-10,12,20H,3,11,13H2,1H3. The van der Waals surface area contributed by atoms with E-state index in [1.54, 1.807) is 23.9 Å². The van der Waals surface area contributed by atoms with Crippen molar-refractivity contribution in [2.75, 3.05) is 6.61 Å². The maximum atomic E-state index is 13.6. The maximum absolute atomic E-state index is 13.6. The Balaban J connectivity index is 2.05. The van der Waals surface area contributed by atoms with Crippen molar-refractivity contribution in [3.05, 3.63) is 65.0 Å². The Hall–Kier alpha value is -1.76. The van der Waals surface area contributed by atoms with Crippen LogP contribution in [-0.4, -0.2) is 11.7 Å². The van der Waals surface area contributed by atoms with Gasteiger partial charge in [0, 0.05) is 17.1 Å². The molecule has 108 valence electrons. The lowest BCUT2D eigenvalue weighted by Crippen LogP contribution is -1.88. The number of rotatable bonds is 4. The second kappa shape index (κ2) is 7.87. The van der Waals surface area contributed by atoms with Gasteiger partial charge in [0.1, 0.15) is 5.82 Å². The Bertz CT molecular complexity index is 653. The van der Waals surface area contributed by atoms with Crippen molar-refractivity contribution in [2.45, 2.75) is 24.0 Å². The Kier molecular flexibility index (Phi) is 5.86. The SMILES string of the molecule is Cc1ccc(SCc2ccc(F)c(C#CCCO)c2)cc1. The summed E-state index contributed by atoms with van der Waals surface area (Å²) >= 11 is 1.71. The number of thioether (sulfide) groups is 1. The number of hydrogen-bond donors (Lipinski definition) is 1. The number of aliphatic hydroxyl groups excluding tert-OH is 1. The molecule has 3 heteroatoms. The molecule has 0 aliphatic carbocycles. The van der Waals surface area contributed by atoms with E-state index in [9.17, 15) is 4.39 Å². The summed E-state index contributed by atoms with van der Waals surface area (Å²) in [6, 6.07) is 13.4. The zero-order valence-corrected chi connectivity index (χ0v) is 12.7. The molecule has 2 aromatic carbocycles. The third kappa shape index (κ3) is 4.93. The minimum absolute atomic E-state index is 0.00240. The van der Waals surface area contributed by atoms with Crippen LogP contribution in [0.3, 0.4) is 0 Å². The van der Waals surface area contributed by atoms with Crippen molar-refractivity contribution in [1.82, 2.24) is 0 Å². The average molecular weight is 300 g/mol. The Labute approximate surface area is 129 Å². The van der Waals surface area contributed by atoms with E-state index in [1.807, 2.05) is 0 Å². The maximum Gasteiger partial charge on any atom is 0.138 e. The summed E-state index contributed by atoms with van der Waals surface area (Å²) in [4.78, 5) is 1.19. The third-order valence-corrected chi connectivity index (χ3v) is 4.00. The predicted octanol–water partition coefficient (Wildman–Crippen LogP) is 4.16. The molecule has 0 saturated carbocycles. The third-order valence-electron chi connectivity index (χ3n) is 2.92. The van der Waals surface area contributed by atoms with E-state index >= 15 is 0 Å². The van der Waals surface area contributed by atoms with Crippen molar-refractivity contribution in [1.29, 1.82) is 0 Å². The van der Waals surface area contributed by atoms with Crippen molar-refractivity contribution in [2.24, 2.45) is 0 Å². The molecule has 21 heavy (non-hydrogen) atoms. The molecule has 0 saturated heterocycles. The lowest BCUT2D eigenvalue weighted by Gasteiger charge is -2.04. The largest absolute Gasteiger partial charge is 0.395 e. The zero-order valence-electron chi connectivity index (χ0n) is 11.9. The number of halogens is 1. The Morgan fingerprint density at radius 3 is 2.62 bits per heavy atom. The van der Waals surface area contributed by atoms with Gasteiger partial charge >= 0.3 is 0 Å². The Morgan fingerprint density at radius 1 is 1.14 bits per heavy atom. The Morgan fingerprint density at radius 2 is 1.90 bits per heavy atom. The highest BCUT2D eigenvalue weighted by atomic mass is 32.2.